The third-order valence-corrected chi connectivity index (χ3v) is 4.40. The zero-order chi connectivity index (χ0) is 17.2. The van der Waals surface area contributed by atoms with Gasteiger partial charge in [-0.25, -0.2) is 4.79 Å². The molecule has 2 fully saturated rings. The number of likely N-dealkylation sites (tertiary alicyclic amines) is 1. The zero-order valence-corrected chi connectivity index (χ0v) is 13.2. The van der Waals surface area contributed by atoms with Gasteiger partial charge in [-0.3, -0.25) is 0 Å². The quantitative estimate of drug-likeness (QED) is 0.859. The normalized spacial score (nSPS) is 20.1. The van der Waals surface area contributed by atoms with Crippen molar-refractivity contribution in [1.82, 2.24) is 20.7 Å². The third kappa shape index (κ3) is 4.86. The maximum Gasteiger partial charge on any atom is 0.452 e. The summed E-state index contributed by atoms with van der Waals surface area (Å²) in [5.74, 6) is -0.301. The number of carbonyl (C=O) groups is 1. The van der Waals surface area contributed by atoms with Crippen LogP contribution in [0.3, 0.4) is 0 Å². The molecule has 0 radical (unpaired) electrons. The third-order valence-electron chi connectivity index (χ3n) is 4.40. The number of carbonyl (C=O) groups excluding carboxylic acids is 1. The van der Waals surface area contributed by atoms with E-state index < -0.39 is 18.0 Å². The molecule has 0 spiro atoms. The first-order valence-electron chi connectivity index (χ1n) is 8.19. The largest absolute Gasteiger partial charge is 0.452 e. The molecule has 134 valence electrons. The van der Waals surface area contributed by atoms with Crippen molar-refractivity contribution in [3.05, 3.63) is 17.5 Å². The number of urea groups is 1. The number of amides is 2. The molecular weight excluding hydrogens is 325 g/mol. The molecule has 0 aromatic carbocycles. The summed E-state index contributed by atoms with van der Waals surface area (Å²) in [6.45, 7) is 3.00. The maximum absolute atomic E-state index is 12.4. The van der Waals surface area contributed by atoms with E-state index in [9.17, 15) is 18.0 Å². The van der Waals surface area contributed by atoms with Crippen LogP contribution in [-0.4, -0.2) is 41.8 Å². The van der Waals surface area contributed by atoms with Gasteiger partial charge in [0.2, 0.25) is 5.76 Å². The van der Waals surface area contributed by atoms with E-state index in [1.54, 1.807) is 0 Å². The summed E-state index contributed by atoms with van der Waals surface area (Å²) in [5, 5.41) is 8.67. The highest BCUT2D eigenvalue weighted by Gasteiger charge is 2.36. The lowest BCUT2D eigenvalue weighted by Crippen LogP contribution is -2.48. The Labute approximate surface area is 137 Å². The van der Waals surface area contributed by atoms with Gasteiger partial charge in [0.15, 0.2) is 0 Å². The summed E-state index contributed by atoms with van der Waals surface area (Å²) in [7, 11) is 0. The lowest BCUT2D eigenvalue weighted by Gasteiger charge is -2.32. The van der Waals surface area contributed by atoms with Crippen LogP contribution in [-0.2, 0) is 12.7 Å². The van der Waals surface area contributed by atoms with E-state index in [1.807, 2.05) is 0 Å². The van der Waals surface area contributed by atoms with Crippen LogP contribution < -0.4 is 10.6 Å². The summed E-state index contributed by atoms with van der Waals surface area (Å²) in [6, 6.07) is 0.493. The topological polar surface area (TPSA) is 70.4 Å². The second-order valence-corrected chi connectivity index (χ2v) is 6.53. The van der Waals surface area contributed by atoms with Crippen molar-refractivity contribution in [3.8, 4) is 0 Å². The Morgan fingerprint density at radius 2 is 2.00 bits per heavy atom. The fourth-order valence-electron chi connectivity index (χ4n) is 2.86. The highest BCUT2D eigenvalue weighted by Crippen LogP contribution is 2.30. The summed E-state index contributed by atoms with van der Waals surface area (Å²) in [4.78, 5) is 14.3. The van der Waals surface area contributed by atoms with Gasteiger partial charge < -0.3 is 20.1 Å². The van der Waals surface area contributed by atoms with Gasteiger partial charge in [-0.2, -0.15) is 13.2 Å². The van der Waals surface area contributed by atoms with Gasteiger partial charge in [-0.15, -0.1) is 0 Å². The minimum atomic E-state index is -4.57. The molecule has 24 heavy (non-hydrogen) atoms. The summed E-state index contributed by atoms with van der Waals surface area (Å²) in [6.07, 6.45) is -0.121. The molecule has 9 heteroatoms. The van der Waals surface area contributed by atoms with E-state index in [2.05, 4.69) is 25.2 Å². The molecule has 1 saturated heterocycles. The minimum Gasteiger partial charge on any atom is -0.351 e. The molecule has 6 nitrogen and oxygen atoms in total. The predicted molar refractivity (Wildman–Crippen MR) is 79.1 cm³/mol. The van der Waals surface area contributed by atoms with Crippen LogP contribution in [0, 0.1) is 5.92 Å². The second kappa shape index (κ2) is 7.00. The van der Waals surface area contributed by atoms with Crippen LogP contribution in [0.25, 0.3) is 0 Å². The van der Waals surface area contributed by atoms with E-state index >= 15 is 0 Å². The minimum absolute atomic E-state index is 0.0386. The summed E-state index contributed by atoms with van der Waals surface area (Å²) >= 11 is 0. The SMILES string of the molecule is O=C(NCc1cc(C(F)(F)F)on1)NC1CCN(CC2CC2)CC1. The van der Waals surface area contributed by atoms with Crippen molar-refractivity contribution in [2.75, 3.05) is 19.6 Å². The monoisotopic (exact) mass is 346 g/mol. The molecular formula is C15H21F3N4O2. The molecule has 2 N–H and O–H groups in total. The lowest BCUT2D eigenvalue weighted by atomic mass is 10.1. The van der Waals surface area contributed by atoms with Gasteiger partial charge in [0, 0.05) is 31.7 Å². The van der Waals surface area contributed by atoms with Gasteiger partial charge >= 0.3 is 12.2 Å². The highest BCUT2D eigenvalue weighted by molar-refractivity contribution is 5.74. The molecule has 1 aromatic heterocycles. The Kier molecular flexibility index (Phi) is 4.98. The molecule has 3 rings (SSSR count). The summed E-state index contributed by atoms with van der Waals surface area (Å²) in [5.41, 5.74) is 0.0386. The number of hydrogen-bond donors (Lipinski definition) is 2. The van der Waals surface area contributed by atoms with Crippen molar-refractivity contribution in [3.63, 3.8) is 0 Å². The fraction of sp³-hybridized carbons (Fsp3) is 0.733. The number of piperidine rings is 1. The number of nitrogens with zero attached hydrogens (tertiary/aromatic N) is 2. The molecule has 1 aliphatic heterocycles. The van der Waals surface area contributed by atoms with Crippen LogP contribution in [0.4, 0.5) is 18.0 Å². The van der Waals surface area contributed by atoms with Crippen LogP contribution >= 0.6 is 0 Å². The first-order chi connectivity index (χ1) is 11.4. The number of aromatic nitrogens is 1. The highest BCUT2D eigenvalue weighted by atomic mass is 19.4. The second-order valence-electron chi connectivity index (χ2n) is 6.53. The maximum atomic E-state index is 12.4. The fourth-order valence-corrected chi connectivity index (χ4v) is 2.86. The van der Waals surface area contributed by atoms with Gasteiger partial charge in [0.1, 0.15) is 5.69 Å². The molecule has 0 bridgehead atoms. The molecule has 1 saturated carbocycles. The number of rotatable bonds is 5. The van der Waals surface area contributed by atoms with Crippen molar-refractivity contribution >= 4 is 6.03 Å². The van der Waals surface area contributed by atoms with E-state index in [4.69, 9.17) is 0 Å². The van der Waals surface area contributed by atoms with Crippen molar-refractivity contribution in [2.24, 2.45) is 5.92 Å². The van der Waals surface area contributed by atoms with E-state index in [-0.39, 0.29) is 18.3 Å². The number of alkyl halides is 3. The Morgan fingerprint density at radius 3 is 2.58 bits per heavy atom. The predicted octanol–water partition coefficient (Wildman–Crippen LogP) is 2.37. The van der Waals surface area contributed by atoms with Crippen LogP contribution in [0.15, 0.2) is 10.6 Å². The standard InChI is InChI=1S/C15H21F3N4O2/c16-15(17,18)13-7-12(21-24-13)8-19-14(23)20-11-3-5-22(6-4-11)9-10-1-2-10/h7,10-11H,1-6,8-9H2,(H2,19,20,23). The van der Waals surface area contributed by atoms with Gasteiger partial charge in [-0.05, 0) is 31.6 Å². The molecule has 2 aliphatic rings. The molecule has 1 aromatic rings. The first-order valence-corrected chi connectivity index (χ1v) is 8.19. The average Bonchev–Trinajstić information content (AvgIpc) is 3.19. The Bertz CT molecular complexity index is 563. The molecule has 0 atom stereocenters. The zero-order valence-electron chi connectivity index (χ0n) is 13.2. The molecule has 2 heterocycles. The van der Waals surface area contributed by atoms with Crippen LogP contribution in [0.2, 0.25) is 0 Å². The van der Waals surface area contributed by atoms with Crippen molar-refractivity contribution in [2.45, 2.75) is 44.4 Å². The van der Waals surface area contributed by atoms with Gasteiger partial charge in [0.05, 0.1) is 6.54 Å². The van der Waals surface area contributed by atoms with Crippen molar-refractivity contribution < 1.29 is 22.5 Å². The van der Waals surface area contributed by atoms with Crippen LogP contribution in [0.5, 0.6) is 0 Å². The van der Waals surface area contributed by atoms with Gasteiger partial charge in [-0.1, -0.05) is 5.16 Å². The number of halogens is 3. The Morgan fingerprint density at radius 1 is 1.29 bits per heavy atom. The summed E-state index contributed by atoms with van der Waals surface area (Å²) < 4.78 is 41.4. The molecule has 1 aliphatic carbocycles. The van der Waals surface area contributed by atoms with E-state index in [1.165, 1.54) is 12.8 Å². The number of hydrogen-bond acceptors (Lipinski definition) is 4. The van der Waals surface area contributed by atoms with E-state index in [0.717, 1.165) is 44.5 Å². The molecule has 2 amide bonds. The number of nitrogens with one attached hydrogen (secondary N) is 2. The van der Waals surface area contributed by atoms with Crippen LogP contribution in [0.1, 0.15) is 37.1 Å². The van der Waals surface area contributed by atoms with Gasteiger partial charge in [0.25, 0.3) is 0 Å². The average molecular weight is 346 g/mol. The first kappa shape index (κ1) is 17.1. The van der Waals surface area contributed by atoms with Crippen molar-refractivity contribution in [1.29, 1.82) is 0 Å². The smallest absolute Gasteiger partial charge is 0.351 e. The Balaban J connectivity index is 1.36. The Hall–Kier alpha value is -1.77. The van der Waals surface area contributed by atoms with E-state index in [0.29, 0.717) is 0 Å². The molecule has 0 unspecified atom stereocenters. The lowest BCUT2D eigenvalue weighted by molar-refractivity contribution is -0.155.